The standard InChI is InChI=1S/C26H47OS/c1-4-5-6-7-8-9-10-11-12-13-14-15-16-17-18-19-20-25-21-23-26(24-22-25)28(2,3)27/h21-24H,4-20H2,1-3H3/q+1. The first-order chi connectivity index (χ1) is 13.5. The molecule has 1 aromatic rings. The summed E-state index contributed by atoms with van der Waals surface area (Å²) in [6.45, 7) is 2.29. The zero-order chi connectivity index (χ0) is 20.5. The predicted octanol–water partition coefficient (Wildman–Crippen LogP) is 8.61. The molecule has 1 aromatic carbocycles. The van der Waals surface area contributed by atoms with Gasteiger partial charge in [-0.1, -0.05) is 115 Å². The van der Waals surface area contributed by atoms with Crippen LogP contribution < -0.4 is 0 Å². The highest BCUT2D eigenvalue weighted by Crippen LogP contribution is 2.17. The van der Waals surface area contributed by atoms with Crippen LogP contribution in [0.3, 0.4) is 0 Å². The summed E-state index contributed by atoms with van der Waals surface area (Å²) in [7, 11) is -1.82. The van der Waals surface area contributed by atoms with Crippen LogP contribution in [-0.4, -0.2) is 12.5 Å². The molecule has 162 valence electrons. The first kappa shape index (κ1) is 25.4. The Bertz CT molecular complexity index is 514. The molecule has 0 aliphatic rings. The SMILES string of the molecule is CCCCCCCCCCCCCCCCCCc1ccc([S+](C)(C)=O)cc1. The summed E-state index contributed by atoms with van der Waals surface area (Å²) in [6, 6.07) is 8.41. The van der Waals surface area contributed by atoms with E-state index in [1.807, 2.05) is 24.6 Å². The van der Waals surface area contributed by atoms with Crippen LogP contribution in [0.4, 0.5) is 0 Å². The second-order valence-electron chi connectivity index (χ2n) is 8.93. The van der Waals surface area contributed by atoms with Gasteiger partial charge in [-0.15, -0.1) is 4.21 Å². The van der Waals surface area contributed by atoms with Crippen LogP contribution in [0.2, 0.25) is 0 Å². The quantitative estimate of drug-likeness (QED) is 0.176. The van der Waals surface area contributed by atoms with Crippen LogP contribution >= 0.6 is 0 Å². The molecule has 0 saturated heterocycles. The van der Waals surface area contributed by atoms with Gasteiger partial charge in [0.1, 0.15) is 22.4 Å². The number of hydrogen-bond donors (Lipinski definition) is 0. The maximum atomic E-state index is 12.0. The van der Waals surface area contributed by atoms with Crippen molar-refractivity contribution in [3.8, 4) is 0 Å². The van der Waals surface area contributed by atoms with E-state index in [0.717, 1.165) is 11.3 Å². The third-order valence-electron chi connectivity index (χ3n) is 5.81. The number of unbranched alkanes of at least 4 members (excludes halogenated alkanes) is 15. The van der Waals surface area contributed by atoms with Crippen molar-refractivity contribution in [2.75, 3.05) is 12.5 Å². The van der Waals surface area contributed by atoms with Crippen LogP contribution in [0.1, 0.15) is 115 Å². The lowest BCUT2D eigenvalue weighted by atomic mass is 10.0. The molecule has 0 aromatic heterocycles. The first-order valence-corrected chi connectivity index (χ1v) is 14.4. The second kappa shape index (κ2) is 16.2. The summed E-state index contributed by atoms with van der Waals surface area (Å²) in [6.07, 6.45) is 27.5. The van der Waals surface area contributed by atoms with E-state index in [1.165, 1.54) is 108 Å². The van der Waals surface area contributed by atoms with Crippen LogP contribution in [-0.2, 0) is 20.6 Å². The Hall–Kier alpha value is -0.630. The van der Waals surface area contributed by atoms with Gasteiger partial charge in [0.15, 0.2) is 4.90 Å². The topological polar surface area (TPSA) is 17.1 Å². The average molecular weight is 408 g/mol. The van der Waals surface area contributed by atoms with E-state index in [2.05, 4.69) is 19.1 Å². The van der Waals surface area contributed by atoms with Gasteiger partial charge in [-0.25, -0.2) is 0 Å². The van der Waals surface area contributed by atoms with E-state index in [4.69, 9.17) is 0 Å². The molecule has 0 aliphatic carbocycles. The zero-order valence-electron chi connectivity index (χ0n) is 19.1. The summed E-state index contributed by atoms with van der Waals surface area (Å²) in [4.78, 5) is 0.975. The average Bonchev–Trinajstić information content (AvgIpc) is 2.67. The van der Waals surface area contributed by atoms with Crippen molar-refractivity contribution in [2.24, 2.45) is 0 Å². The summed E-state index contributed by atoms with van der Waals surface area (Å²) >= 11 is 0. The predicted molar refractivity (Wildman–Crippen MR) is 128 cm³/mol. The second-order valence-corrected chi connectivity index (χ2v) is 11.9. The Kier molecular flexibility index (Phi) is 14.7. The molecule has 2 heteroatoms. The van der Waals surface area contributed by atoms with Crippen LogP contribution in [0.15, 0.2) is 29.2 Å². The van der Waals surface area contributed by atoms with E-state index in [1.54, 1.807) is 0 Å². The van der Waals surface area contributed by atoms with E-state index >= 15 is 0 Å². The van der Waals surface area contributed by atoms with Crippen molar-refractivity contribution in [3.05, 3.63) is 29.8 Å². The molecule has 0 fully saturated rings. The fourth-order valence-corrected chi connectivity index (χ4v) is 4.65. The lowest BCUT2D eigenvalue weighted by molar-refractivity contribution is 0.529. The van der Waals surface area contributed by atoms with Crippen LogP contribution in [0.25, 0.3) is 0 Å². The molecule has 0 N–H and O–H groups in total. The first-order valence-electron chi connectivity index (χ1n) is 12.1. The van der Waals surface area contributed by atoms with Crippen molar-refractivity contribution in [1.82, 2.24) is 0 Å². The minimum absolute atomic E-state index is 0.975. The minimum Gasteiger partial charge on any atom is -0.100 e. The molecule has 0 saturated carbocycles. The Morgan fingerprint density at radius 2 is 0.929 bits per heavy atom. The van der Waals surface area contributed by atoms with E-state index < -0.39 is 9.93 Å². The smallest absolute Gasteiger partial charge is 0.100 e. The monoisotopic (exact) mass is 407 g/mol. The van der Waals surface area contributed by atoms with Gasteiger partial charge in [-0.05, 0) is 30.5 Å². The maximum absolute atomic E-state index is 12.0. The number of hydrogen-bond acceptors (Lipinski definition) is 1. The number of benzene rings is 1. The van der Waals surface area contributed by atoms with Gasteiger partial charge in [0.05, 0.1) is 0 Å². The summed E-state index contributed by atoms with van der Waals surface area (Å²) < 4.78 is 12.0. The highest BCUT2D eigenvalue weighted by atomic mass is 32.2. The third kappa shape index (κ3) is 13.5. The molecule has 0 unspecified atom stereocenters. The molecule has 0 atom stereocenters. The maximum Gasteiger partial charge on any atom is 0.157 e. The van der Waals surface area contributed by atoms with Crippen molar-refractivity contribution >= 4 is 9.93 Å². The van der Waals surface area contributed by atoms with Crippen LogP contribution in [0.5, 0.6) is 0 Å². The van der Waals surface area contributed by atoms with Gasteiger partial charge in [0.2, 0.25) is 0 Å². The summed E-state index contributed by atoms with van der Waals surface area (Å²) in [5, 5.41) is 0. The van der Waals surface area contributed by atoms with Gasteiger partial charge in [-0.3, -0.25) is 0 Å². The van der Waals surface area contributed by atoms with E-state index in [0.29, 0.717) is 0 Å². The molecule has 0 spiro atoms. The molecule has 1 nitrogen and oxygen atoms in total. The molecular formula is C26H47OS+. The van der Waals surface area contributed by atoms with Crippen molar-refractivity contribution in [2.45, 2.75) is 121 Å². The number of aryl methyl sites for hydroxylation is 1. The van der Waals surface area contributed by atoms with Gasteiger partial charge in [-0.2, -0.15) is 0 Å². The lowest BCUT2D eigenvalue weighted by Crippen LogP contribution is -2.04. The Morgan fingerprint density at radius 3 is 1.29 bits per heavy atom. The molecule has 28 heavy (non-hydrogen) atoms. The highest BCUT2D eigenvalue weighted by Gasteiger charge is 2.16. The zero-order valence-corrected chi connectivity index (χ0v) is 20.0. The molecule has 0 aliphatic heterocycles. The van der Waals surface area contributed by atoms with Crippen LogP contribution in [0, 0.1) is 0 Å². The molecule has 0 radical (unpaired) electrons. The van der Waals surface area contributed by atoms with Crippen molar-refractivity contribution in [1.29, 1.82) is 0 Å². The Labute approximate surface area is 177 Å². The van der Waals surface area contributed by atoms with Crippen molar-refractivity contribution in [3.63, 3.8) is 0 Å². The molecule has 0 bridgehead atoms. The highest BCUT2D eigenvalue weighted by molar-refractivity contribution is 8.01. The Balaban J connectivity index is 1.85. The van der Waals surface area contributed by atoms with Gasteiger partial charge < -0.3 is 0 Å². The largest absolute Gasteiger partial charge is 0.157 e. The molecule has 0 heterocycles. The van der Waals surface area contributed by atoms with E-state index in [9.17, 15) is 4.21 Å². The fourth-order valence-electron chi connectivity index (χ4n) is 3.86. The normalized spacial score (nSPS) is 11.8. The third-order valence-corrected chi connectivity index (χ3v) is 7.22. The van der Waals surface area contributed by atoms with Gasteiger partial charge >= 0.3 is 0 Å². The van der Waals surface area contributed by atoms with Gasteiger partial charge in [0.25, 0.3) is 0 Å². The van der Waals surface area contributed by atoms with Gasteiger partial charge in [0, 0.05) is 0 Å². The van der Waals surface area contributed by atoms with E-state index in [-0.39, 0.29) is 0 Å². The molecule has 0 amide bonds. The Morgan fingerprint density at radius 1 is 0.571 bits per heavy atom. The molecular weight excluding hydrogens is 360 g/mol. The summed E-state index contributed by atoms with van der Waals surface area (Å²) in [5.41, 5.74) is 1.39. The summed E-state index contributed by atoms with van der Waals surface area (Å²) in [5.74, 6) is 0. The van der Waals surface area contributed by atoms with Crippen molar-refractivity contribution < 1.29 is 4.21 Å². The minimum atomic E-state index is -1.82. The fraction of sp³-hybridized carbons (Fsp3) is 0.769. The lowest BCUT2D eigenvalue weighted by Gasteiger charge is -2.05. The number of rotatable bonds is 18. The molecule has 1 rings (SSSR count).